The topological polar surface area (TPSA) is 56.5 Å². The fourth-order valence-electron chi connectivity index (χ4n) is 1.75. The van der Waals surface area contributed by atoms with Gasteiger partial charge in [-0.1, -0.05) is 34.5 Å². The molecule has 0 saturated carbocycles. The number of rotatable bonds is 3. The van der Waals surface area contributed by atoms with Crippen molar-refractivity contribution >= 4 is 39.5 Å². The third-order valence-electron chi connectivity index (χ3n) is 2.66. The van der Waals surface area contributed by atoms with Gasteiger partial charge in [0.05, 0.1) is 5.02 Å². The third-order valence-corrected chi connectivity index (χ3v) is 4.07. The smallest absolute Gasteiger partial charge is 0.275 e. The maximum absolute atomic E-state index is 11.8. The summed E-state index contributed by atoms with van der Waals surface area (Å²) >= 11 is 13.2. The maximum atomic E-state index is 11.8. The molecule has 8 heteroatoms. The van der Waals surface area contributed by atoms with Gasteiger partial charge in [0.25, 0.3) is 5.56 Å². The summed E-state index contributed by atoms with van der Waals surface area (Å²) in [6, 6.07) is 6.42. The van der Waals surface area contributed by atoms with E-state index in [0.717, 1.165) is 0 Å². The first-order chi connectivity index (χ1) is 10.0. The van der Waals surface area contributed by atoms with Gasteiger partial charge in [-0.05, 0) is 25.1 Å². The Morgan fingerprint density at radius 2 is 2.14 bits per heavy atom. The Morgan fingerprint density at radius 1 is 1.33 bits per heavy atom. The van der Waals surface area contributed by atoms with Crippen molar-refractivity contribution in [3.63, 3.8) is 0 Å². The highest BCUT2D eigenvalue weighted by atomic mass is 35.5. The molecule has 0 aliphatic rings. The van der Waals surface area contributed by atoms with Crippen LogP contribution >= 0.6 is 34.5 Å². The Hall–Kier alpha value is -1.63. The van der Waals surface area contributed by atoms with Crippen LogP contribution in [0.3, 0.4) is 0 Å². The lowest BCUT2D eigenvalue weighted by atomic mass is 10.3. The molecule has 0 saturated heterocycles. The van der Waals surface area contributed by atoms with Gasteiger partial charge in [0.2, 0.25) is 4.96 Å². The van der Waals surface area contributed by atoms with Gasteiger partial charge in [0.15, 0.2) is 5.01 Å². The Balaban J connectivity index is 1.85. The predicted molar refractivity (Wildman–Crippen MR) is 82.7 cm³/mol. The van der Waals surface area contributed by atoms with Gasteiger partial charge in [-0.2, -0.15) is 9.61 Å². The molecule has 0 radical (unpaired) electrons. The van der Waals surface area contributed by atoms with E-state index in [1.165, 1.54) is 21.9 Å². The van der Waals surface area contributed by atoms with Gasteiger partial charge < -0.3 is 4.74 Å². The summed E-state index contributed by atoms with van der Waals surface area (Å²) in [5, 5.41) is 5.78. The second-order valence-electron chi connectivity index (χ2n) is 4.29. The van der Waals surface area contributed by atoms with Gasteiger partial charge in [-0.3, -0.25) is 4.79 Å². The van der Waals surface area contributed by atoms with E-state index in [1.807, 2.05) is 0 Å². The molecule has 0 aliphatic carbocycles. The van der Waals surface area contributed by atoms with Gasteiger partial charge >= 0.3 is 0 Å². The Labute approximate surface area is 133 Å². The summed E-state index contributed by atoms with van der Waals surface area (Å²) in [7, 11) is 0. The molecule has 0 atom stereocenters. The number of ether oxygens (including phenoxy) is 1. The lowest BCUT2D eigenvalue weighted by Crippen LogP contribution is -2.14. The largest absolute Gasteiger partial charge is 0.485 e. The van der Waals surface area contributed by atoms with Crippen LogP contribution in [0.1, 0.15) is 10.7 Å². The van der Waals surface area contributed by atoms with Crippen molar-refractivity contribution in [1.82, 2.24) is 14.6 Å². The van der Waals surface area contributed by atoms with Crippen LogP contribution < -0.4 is 10.3 Å². The van der Waals surface area contributed by atoms with Gasteiger partial charge in [0.1, 0.15) is 12.4 Å². The van der Waals surface area contributed by atoms with Crippen LogP contribution in [0.2, 0.25) is 10.0 Å². The summed E-state index contributed by atoms with van der Waals surface area (Å²) in [4.78, 5) is 16.6. The minimum Gasteiger partial charge on any atom is -0.485 e. The number of halogens is 2. The summed E-state index contributed by atoms with van der Waals surface area (Å²) in [5.74, 6) is 0.511. The molecule has 0 bridgehead atoms. The monoisotopic (exact) mass is 341 g/mol. The van der Waals surface area contributed by atoms with Gasteiger partial charge in [0, 0.05) is 16.8 Å². The van der Waals surface area contributed by atoms with E-state index < -0.39 is 0 Å². The van der Waals surface area contributed by atoms with Crippen LogP contribution in [0.25, 0.3) is 4.96 Å². The molecular weight excluding hydrogens is 333 g/mol. The first-order valence-corrected chi connectivity index (χ1v) is 7.54. The lowest BCUT2D eigenvalue weighted by Gasteiger charge is -2.05. The maximum Gasteiger partial charge on any atom is 0.275 e. The molecule has 108 valence electrons. The first kappa shape index (κ1) is 14.3. The summed E-state index contributed by atoms with van der Waals surface area (Å²) < 4.78 is 6.86. The number of benzene rings is 1. The molecule has 0 amide bonds. The van der Waals surface area contributed by atoms with Crippen molar-refractivity contribution in [3.05, 3.63) is 55.4 Å². The number of fused-ring (bicyclic) bond motifs is 1. The minimum absolute atomic E-state index is 0.202. The fourth-order valence-corrected chi connectivity index (χ4v) is 3.07. The molecule has 2 aromatic heterocycles. The molecule has 21 heavy (non-hydrogen) atoms. The average Bonchev–Trinajstić information content (AvgIpc) is 2.81. The molecule has 5 nitrogen and oxygen atoms in total. The molecule has 1 aromatic carbocycles. The van der Waals surface area contributed by atoms with Crippen molar-refractivity contribution in [2.75, 3.05) is 0 Å². The summed E-state index contributed by atoms with van der Waals surface area (Å²) in [5.41, 5.74) is 0.460. The van der Waals surface area contributed by atoms with Crippen LogP contribution in [0.4, 0.5) is 0 Å². The molecule has 2 heterocycles. The number of aromatic nitrogens is 3. The van der Waals surface area contributed by atoms with E-state index in [4.69, 9.17) is 27.9 Å². The van der Waals surface area contributed by atoms with Crippen LogP contribution in [0.15, 0.2) is 29.1 Å². The van der Waals surface area contributed by atoms with Crippen molar-refractivity contribution in [1.29, 1.82) is 0 Å². The van der Waals surface area contributed by atoms with Crippen LogP contribution in [0, 0.1) is 6.92 Å². The lowest BCUT2D eigenvalue weighted by molar-refractivity contribution is 0.304. The van der Waals surface area contributed by atoms with Gasteiger partial charge in [-0.25, -0.2) is 4.98 Å². The molecule has 3 rings (SSSR count). The second-order valence-corrected chi connectivity index (χ2v) is 6.17. The zero-order chi connectivity index (χ0) is 15.0. The van der Waals surface area contributed by atoms with E-state index in [2.05, 4.69) is 10.1 Å². The minimum atomic E-state index is -0.204. The summed E-state index contributed by atoms with van der Waals surface area (Å²) in [6.07, 6.45) is 0. The molecule has 0 spiro atoms. The Bertz CT molecular complexity index is 875. The second kappa shape index (κ2) is 5.63. The van der Waals surface area contributed by atoms with Crippen molar-refractivity contribution in [3.8, 4) is 5.75 Å². The highest BCUT2D eigenvalue weighted by Gasteiger charge is 2.09. The van der Waals surface area contributed by atoms with E-state index >= 15 is 0 Å². The van der Waals surface area contributed by atoms with Crippen LogP contribution in [0.5, 0.6) is 5.75 Å². The number of nitrogens with zero attached hydrogens (tertiary/aromatic N) is 3. The van der Waals surface area contributed by atoms with Crippen LogP contribution in [-0.4, -0.2) is 14.6 Å². The quantitative estimate of drug-likeness (QED) is 0.733. The number of hydrogen-bond acceptors (Lipinski definition) is 5. The fraction of sp³-hybridized carbons (Fsp3) is 0.154. The predicted octanol–water partition coefficient (Wildman–Crippen LogP) is 3.35. The zero-order valence-electron chi connectivity index (χ0n) is 10.8. The van der Waals surface area contributed by atoms with Crippen molar-refractivity contribution < 1.29 is 4.74 Å². The molecular formula is C13H9Cl2N3O2S. The standard InChI is InChI=1S/C13H9Cl2N3O2S/c1-7-4-12(19)18-13(16-7)21-11(17-18)6-20-10-3-2-8(14)5-9(10)15/h2-5H,6H2,1H3. The molecule has 0 N–H and O–H groups in total. The SMILES string of the molecule is Cc1cc(=O)n2nc(COc3ccc(Cl)cc3Cl)sc2n1. The molecule has 0 unspecified atom stereocenters. The highest BCUT2D eigenvalue weighted by Crippen LogP contribution is 2.28. The van der Waals surface area contributed by atoms with Crippen molar-refractivity contribution in [2.24, 2.45) is 0 Å². The Morgan fingerprint density at radius 3 is 2.90 bits per heavy atom. The summed E-state index contributed by atoms with van der Waals surface area (Å²) in [6.45, 7) is 1.97. The van der Waals surface area contributed by atoms with Crippen LogP contribution in [-0.2, 0) is 6.61 Å². The van der Waals surface area contributed by atoms with E-state index in [9.17, 15) is 4.79 Å². The van der Waals surface area contributed by atoms with Gasteiger partial charge in [-0.15, -0.1) is 0 Å². The molecule has 0 aliphatic heterocycles. The normalized spacial score (nSPS) is 11.0. The zero-order valence-corrected chi connectivity index (χ0v) is 13.2. The first-order valence-electron chi connectivity index (χ1n) is 5.97. The highest BCUT2D eigenvalue weighted by molar-refractivity contribution is 7.16. The molecule has 3 aromatic rings. The van der Waals surface area contributed by atoms with Crippen molar-refractivity contribution in [2.45, 2.75) is 13.5 Å². The Kier molecular flexibility index (Phi) is 3.84. The number of aryl methyl sites for hydroxylation is 1. The average molecular weight is 342 g/mol. The van der Waals surface area contributed by atoms with E-state index in [-0.39, 0.29) is 12.2 Å². The third kappa shape index (κ3) is 3.02. The van der Waals surface area contributed by atoms with E-state index in [1.54, 1.807) is 25.1 Å². The molecule has 0 fully saturated rings. The number of hydrogen-bond donors (Lipinski definition) is 0. The van der Waals surface area contributed by atoms with E-state index in [0.29, 0.717) is 31.5 Å².